The van der Waals surface area contributed by atoms with Crippen LogP contribution in [0.3, 0.4) is 0 Å². The van der Waals surface area contributed by atoms with Gasteiger partial charge in [0.1, 0.15) is 0 Å². The van der Waals surface area contributed by atoms with E-state index < -0.39 is 0 Å². The number of methoxy groups -OCH3 is 1. The van der Waals surface area contributed by atoms with Gasteiger partial charge >= 0.3 is 0 Å². The first-order chi connectivity index (χ1) is 11.8. The molecule has 0 unspecified atom stereocenters. The fraction of sp³-hybridized carbons (Fsp3) is 0.550. The van der Waals surface area contributed by atoms with Gasteiger partial charge in [0.05, 0.1) is 6.61 Å². The van der Waals surface area contributed by atoms with Gasteiger partial charge in [0.2, 0.25) is 0 Å². The molecule has 0 saturated heterocycles. The smallest absolute Gasteiger partial charge is 0.251 e. The molecule has 3 aliphatic carbocycles. The molecule has 4 nitrogen and oxygen atoms in total. The monoisotopic (exact) mass is 326 g/mol. The highest BCUT2D eigenvalue weighted by Crippen LogP contribution is 2.41. The maximum Gasteiger partial charge on any atom is 0.251 e. The third-order valence-electron chi connectivity index (χ3n) is 5.61. The van der Waals surface area contributed by atoms with E-state index in [1.807, 2.05) is 0 Å². The first-order valence-corrected chi connectivity index (χ1v) is 9.16. The molecule has 3 aliphatic rings. The lowest BCUT2D eigenvalue weighted by molar-refractivity contribution is 0.200. The Morgan fingerprint density at radius 2 is 1.96 bits per heavy atom. The highest BCUT2D eigenvalue weighted by atomic mass is 16.5. The summed E-state index contributed by atoms with van der Waals surface area (Å²) in [5.74, 6) is 0. The van der Waals surface area contributed by atoms with Gasteiger partial charge in [-0.2, -0.15) is 0 Å². The van der Waals surface area contributed by atoms with Gasteiger partial charge in [-0.25, -0.2) is 0 Å². The van der Waals surface area contributed by atoms with E-state index in [2.05, 4.69) is 16.4 Å². The number of ether oxygens (including phenoxy) is 1. The summed E-state index contributed by atoms with van der Waals surface area (Å²) in [7, 11) is 1.73. The Kier molecular flexibility index (Phi) is 4.42. The van der Waals surface area contributed by atoms with Crippen LogP contribution in [-0.4, -0.2) is 31.8 Å². The Morgan fingerprint density at radius 1 is 1.12 bits per heavy atom. The van der Waals surface area contributed by atoms with Crippen LogP contribution in [0.15, 0.2) is 22.0 Å². The van der Waals surface area contributed by atoms with E-state index >= 15 is 0 Å². The molecule has 0 spiro atoms. The molecule has 0 aliphatic heterocycles. The van der Waals surface area contributed by atoms with Crippen molar-refractivity contribution in [2.75, 3.05) is 26.8 Å². The molecule has 128 valence electrons. The number of allylic oxidation sites excluding steroid dienone is 3. The maximum atomic E-state index is 12.4. The average molecular weight is 326 g/mol. The van der Waals surface area contributed by atoms with Crippen molar-refractivity contribution in [3.63, 3.8) is 0 Å². The van der Waals surface area contributed by atoms with Crippen LogP contribution >= 0.6 is 0 Å². The normalized spacial score (nSPS) is 19.0. The highest BCUT2D eigenvalue weighted by molar-refractivity contribution is 5.79. The summed E-state index contributed by atoms with van der Waals surface area (Å²) in [5, 5.41) is 3.44. The van der Waals surface area contributed by atoms with Gasteiger partial charge in [-0.3, -0.25) is 4.79 Å². The zero-order valence-electron chi connectivity index (χ0n) is 14.5. The van der Waals surface area contributed by atoms with E-state index in [9.17, 15) is 4.79 Å². The molecule has 1 heterocycles. The molecule has 1 aromatic heterocycles. The zero-order chi connectivity index (χ0) is 16.5. The number of rotatable bonds is 5. The van der Waals surface area contributed by atoms with Gasteiger partial charge in [-0.05, 0) is 60.8 Å². The summed E-state index contributed by atoms with van der Waals surface area (Å²) in [4.78, 5) is 15.7. The first-order valence-electron chi connectivity index (χ1n) is 9.16. The van der Waals surface area contributed by atoms with Crippen molar-refractivity contribution in [1.29, 1.82) is 0 Å². The molecular weight excluding hydrogens is 300 g/mol. The Balaban J connectivity index is 1.58. The number of hydrogen-bond donors (Lipinski definition) is 2. The second kappa shape index (κ2) is 6.69. The van der Waals surface area contributed by atoms with Gasteiger partial charge in [0, 0.05) is 37.9 Å². The standard InChI is InChI=1S/C20H26N2O2/c1-24-9-8-21-12-13-6-7-15-14(10-13)11-18-16-4-2-3-5-17(16)20(23)22-19(15)18/h10,21H,2-9,11-12H2,1H3,(H,22,23). The maximum absolute atomic E-state index is 12.4. The third kappa shape index (κ3) is 2.78. The molecule has 0 bridgehead atoms. The quantitative estimate of drug-likeness (QED) is 0.818. The number of nitrogens with one attached hydrogen (secondary N) is 2. The van der Waals surface area contributed by atoms with E-state index in [0.717, 1.165) is 69.5 Å². The Hall–Kier alpha value is -1.65. The zero-order valence-corrected chi connectivity index (χ0v) is 14.5. The minimum atomic E-state index is 0.160. The van der Waals surface area contributed by atoms with Crippen molar-refractivity contribution >= 4 is 5.57 Å². The minimum Gasteiger partial charge on any atom is -0.383 e. The summed E-state index contributed by atoms with van der Waals surface area (Å²) in [6, 6.07) is 0. The molecule has 0 aromatic carbocycles. The van der Waals surface area contributed by atoms with Crippen LogP contribution in [0.4, 0.5) is 0 Å². The van der Waals surface area contributed by atoms with E-state index in [1.54, 1.807) is 7.11 Å². The van der Waals surface area contributed by atoms with Gasteiger partial charge in [-0.1, -0.05) is 11.6 Å². The van der Waals surface area contributed by atoms with E-state index in [4.69, 9.17) is 4.74 Å². The SMILES string of the molecule is COCCNCC1=CC2=C(CC1)c1[nH]c(=O)c3c(c1C2)CCCC3. The summed E-state index contributed by atoms with van der Waals surface area (Å²) < 4.78 is 5.08. The van der Waals surface area contributed by atoms with Crippen molar-refractivity contribution in [3.05, 3.63) is 50.0 Å². The molecule has 4 heteroatoms. The average Bonchev–Trinajstić information content (AvgIpc) is 2.97. The van der Waals surface area contributed by atoms with Crippen molar-refractivity contribution in [2.24, 2.45) is 0 Å². The van der Waals surface area contributed by atoms with Gasteiger partial charge in [0.15, 0.2) is 0 Å². The molecule has 2 N–H and O–H groups in total. The molecule has 1 aromatic rings. The minimum absolute atomic E-state index is 0.160. The van der Waals surface area contributed by atoms with Crippen molar-refractivity contribution < 1.29 is 4.74 Å². The molecule has 0 radical (unpaired) electrons. The van der Waals surface area contributed by atoms with Crippen LogP contribution < -0.4 is 10.9 Å². The Morgan fingerprint density at radius 3 is 2.79 bits per heavy atom. The first kappa shape index (κ1) is 15.9. The number of aromatic amines is 1. The fourth-order valence-electron chi connectivity index (χ4n) is 4.41. The topological polar surface area (TPSA) is 54.1 Å². The number of aromatic nitrogens is 1. The molecule has 0 saturated carbocycles. The summed E-state index contributed by atoms with van der Waals surface area (Å²) in [6.07, 6.45) is 9.91. The van der Waals surface area contributed by atoms with Crippen LogP contribution in [0, 0.1) is 0 Å². The number of hydrogen-bond acceptors (Lipinski definition) is 3. The Bertz CT molecular complexity index is 771. The largest absolute Gasteiger partial charge is 0.383 e. The van der Waals surface area contributed by atoms with Crippen LogP contribution in [0.1, 0.15) is 48.1 Å². The van der Waals surface area contributed by atoms with Gasteiger partial charge < -0.3 is 15.0 Å². The summed E-state index contributed by atoms with van der Waals surface area (Å²) in [5.41, 5.74) is 9.43. The molecule has 0 fully saturated rings. The molecule has 0 atom stereocenters. The molecule has 0 amide bonds. The second-order valence-electron chi connectivity index (χ2n) is 7.12. The molecule has 4 rings (SSSR count). The lowest BCUT2D eigenvalue weighted by Gasteiger charge is -2.19. The van der Waals surface area contributed by atoms with E-state index in [0.29, 0.717) is 0 Å². The number of fused-ring (bicyclic) bond motifs is 4. The van der Waals surface area contributed by atoms with Crippen LogP contribution in [0.2, 0.25) is 0 Å². The number of H-pyrrole nitrogens is 1. The summed E-state index contributed by atoms with van der Waals surface area (Å²) in [6.45, 7) is 2.58. The summed E-state index contributed by atoms with van der Waals surface area (Å²) >= 11 is 0. The fourth-order valence-corrected chi connectivity index (χ4v) is 4.41. The van der Waals surface area contributed by atoms with Crippen LogP contribution in [0.25, 0.3) is 5.57 Å². The van der Waals surface area contributed by atoms with Crippen LogP contribution in [0.5, 0.6) is 0 Å². The van der Waals surface area contributed by atoms with Crippen molar-refractivity contribution in [3.8, 4) is 0 Å². The Labute approximate surface area is 143 Å². The lowest BCUT2D eigenvalue weighted by atomic mass is 9.88. The van der Waals surface area contributed by atoms with Gasteiger partial charge in [0.25, 0.3) is 5.56 Å². The highest BCUT2D eigenvalue weighted by Gasteiger charge is 2.29. The van der Waals surface area contributed by atoms with Crippen LogP contribution in [-0.2, 0) is 24.0 Å². The van der Waals surface area contributed by atoms with E-state index in [1.165, 1.54) is 34.3 Å². The van der Waals surface area contributed by atoms with E-state index in [-0.39, 0.29) is 5.56 Å². The van der Waals surface area contributed by atoms with Crippen molar-refractivity contribution in [1.82, 2.24) is 10.3 Å². The third-order valence-corrected chi connectivity index (χ3v) is 5.61. The predicted molar refractivity (Wildman–Crippen MR) is 96.4 cm³/mol. The second-order valence-corrected chi connectivity index (χ2v) is 7.12. The number of pyridine rings is 1. The van der Waals surface area contributed by atoms with Crippen molar-refractivity contribution in [2.45, 2.75) is 44.9 Å². The molecule has 24 heavy (non-hydrogen) atoms. The predicted octanol–water partition coefficient (Wildman–Crippen LogP) is 2.52. The lowest BCUT2D eigenvalue weighted by Crippen LogP contribution is -2.22. The molecular formula is C20H26N2O2. The van der Waals surface area contributed by atoms with Gasteiger partial charge in [-0.15, -0.1) is 0 Å².